The lowest BCUT2D eigenvalue weighted by Crippen LogP contribution is -2.35. The Balaban J connectivity index is 1.35. The third kappa shape index (κ3) is 8.03. The Morgan fingerprint density at radius 2 is 1.89 bits per heavy atom. The second-order valence-electron chi connectivity index (χ2n) is 11.0. The molecule has 47 heavy (non-hydrogen) atoms. The van der Waals surface area contributed by atoms with E-state index in [9.17, 15) is 9.59 Å². The molecule has 3 aromatic heterocycles. The molecule has 2 amide bonds. The standard InChI is InChI=1S/C34H38ClN7O5/c1-20-24(5-4-6-26(20)41-33(45)28-15-22(17-36-13-14-43)29(46-2)19-39-28)32-31(35)25(11-12-38-32)27-9-7-21(34(42-27)47-3)16-37-18-23-8-10-30(44)40-23/h4-7,9,11-12,15,19,23,36-37,43H,8,10,13-14,16-18H2,1-3H3,(H,40,44)(H,41,45)/t23-/m0/s1. The van der Waals surface area contributed by atoms with E-state index in [0.29, 0.717) is 71.9 Å². The van der Waals surface area contributed by atoms with Crippen LogP contribution in [0.1, 0.15) is 40.0 Å². The van der Waals surface area contributed by atoms with E-state index < -0.39 is 0 Å². The van der Waals surface area contributed by atoms with E-state index in [1.54, 1.807) is 25.4 Å². The summed E-state index contributed by atoms with van der Waals surface area (Å²) in [5.41, 5.74) is 5.80. The number of nitrogens with one attached hydrogen (secondary N) is 4. The van der Waals surface area contributed by atoms with Crippen LogP contribution in [-0.4, -0.2) is 71.8 Å². The molecule has 5 N–H and O–H groups in total. The number of pyridine rings is 3. The maximum atomic E-state index is 13.3. The Morgan fingerprint density at radius 1 is 1.06 bits per heavy atom. The van der Waals surface area contributed by atoms with Gasteiger partial charge in [-0.3, -0.25) is 14.6 Å². The summed E-state index contributed by atoms with van der Waals surface area (Å²) in [4.78, 5) is 38.4. The van der Waals surface area contributed by atoms with E-state index in [1.165, 1.54) is 13.3 Å². The number of anilines is 1. The first-order chi connectivity index (χ1) is 22.8. The molecule has 4 aromatic rings. The summed E-state index contributed by atoms with van der Waals surface area (Å²) in [6.07, 6.45) is 4.57. The van der Waals surface area contributed by atoms with Gasteiger partial charge in [0.05, 0.1) is 43.4 Å². The zero-order chi connectivity index (χ0) is 33.3. The molecule has 1 saturated heterocycles. The van der Waals surface area contributed by atoms with Gasteiger partial charge in [0.1, 0.15) is 11.4 Å². The van der Waals surface area contributed by atoms with Crippen molar-refractivity contribution in [3.05, 3.63) is 82.3 Å². The number of hydrogen-bond donors (Lipinski definition) is 5. The summed E-state index contributed by atoms with van der Waals surface area (Å²) >= 11 is 6.98. The minimum atomic E-state index is -0.386. The van der Waals surface area contributed by atoms with Crippen LogP contribution >= 0.6 is 11.6 Å². The van der Waals surface area contributed by atoms with E-state index >= 15 is 0 Å². The number of carbonyl (C=O) groups excluding carboxylic acids is 2. The van der Waals surface area contributed by atoms with Gasteiger partial charge < -0.3 is 35.8 Å². The van der Waals surface area contributed by atoms with Crippen molar-refractivity contribution in [2.75, 3.05) is 39.2 Å². The van der Waals surface area contributed by atoms with E-state index in [2.05, 4.69) is 31.2 Å². The number of rotatable bonds is 14. The molecule has 1 aliphatic rings. The molecule has 0 bridgehead atoms. The predicted octanol–water partition coefficient (Wildman–Crippen LogP) is 3.89. The Morgan fingerprint density at radius 3 is 2.64 bits per heavy atom. The molecule has 0 aliphatic carbocycles. The zero-order valence-electron chi connectivity index (χ0n) is 26.5. The van der Waals surface area contributed by atoms with Crippen molar-refractivity contribution in [1.29, 1.82) is 0 Å². The van der Waals surface area contributed by atoms with Crippen molar-refractivity contribution in [3.63, 3.8) is 0 Å². The second kappa shape index (κ2) is 15.8. The fraction of sp³-hybridized carbons (Fsp3) is 0.324. The number of halogens is 1. The molecule has 0 radical (unpaired) electrons. The molecule has 13 heteroatoms. The van der Waals surface area contributed by atoms with Gasteiger partial charge in [0.25, 0.3) is 5.91 Å². The zero-order valence-corrected chi connectivity index (χ0v) is 27.3. The fourth-order valence-electron chi connectivity index (χ4n) is 5.42. The second-order valence-corrected chi connectivity index (χ2v) is 11.4. The molecule has 0 spiro atoms. The molecule has 12 nitrogen and oxygen atoms in total. The highest BCUT2D eigenvalue weighted by atomic mass is 35.5. The Labute approximate surface area is 278 Å². The molecule has 1 aliphatic heterocycles. The monoisotopic (exact) mass is 659 g/mol. The third-order valence-corrected chi connectivity index (χ3v) is 8.31. The van der Waals surface area contributed by atoms with E-state index in [-0.39, 0.29) is 30.2 Å². The van der Waals surface area contributed by atoms with Crippen molar-refractivity contribution in [2.24, 2.45) is 0 Å². The molecule has 0 saturated carbocycles. The lowest BCUT2D eigenvalue weighted by molar-refractivity contribution is -0.119. The van der Waals surface area contributed by atoms with Crippen LogP contribution in [0.2, 0.25) is 5.02 Å². The van der Waals surface area contributed by atoms with Gasteiger partial charge in [-0.15, -0.1) is 0 Å². The van der Waals surface area contributed by atoms with Gasteiger partial charge in [-0.05, 0) is 43.2 Å². The quantitative estimate of drug-likeness (QED) is 0.126. The number of amides is 2. The first-order valence-corrected chi connectivity index (χ1v) is 15.6. The van der Waals surface area contributed by atoms with Gasteiger partial charge in [-0.25, -0.2) is 9.97 Å². The van der Waals surface area contributed by atoms with E-state index in [1.807, 2.05) is 37.3 Å². The summed E-state index contributed by atoms with van der Waals surface area (Å²) in [6.45, 7) is 3.90. The Kier molecular flexibility index (Phi) is 11.3. The van der Waals surface area contributed by atoms with Crippen molar-refractivity contribution in [1.82, 2.24) is 30.9 Å². The molecular weight excluding hydrogens is 622 g/mol. The van der Waals surface area contributed by atoms with Gasteiger partial charge in [-0.1, -0.05) is 29.8 Å². The van der Waals surface area contributed by atoms with Crippen molar-refractivity contribution < 1.29 is 24.2 Å². The lowest BCUT2D eigenvalue weighted by Gasteiger charge is -2.16. The highest BCUT2D eigenvalue weighted by Crippen LogP contribution is 2.38. The summed E-state index contributed by atoms with van der Waals surface area (Å²) in [7, 11) is 3.11. The van der Waals surface area contributed by atoms with Gasteiger partial charge in [0.2, 0.25) is 11.8 Å². The van der Waals surface area contributed by atoms with Crippen LogP contribution in [0.5, 0.6) is 11.6 Å². The van der Waals surface area contributed by atoms with Gasteiger partial charge >= 0.3 is 0 Å². The van der Waals surface area contributed by atoms with Crippen LogP contribution in [0.3, 0.4) is 0 Å². The maximum absolute atomic E-state index is 13.3. The largest absolute Gasteiger partial charge is 0.495 e. The fourth-order valence-corrected chi connectivity index (χ4v) is 5.73. The number of ether oxygens (including phenoxy) is 2. The summed E-state index contributed by atoms with van der Waals surface area (Å²) < 4.78 is 11.0. The lowest BCUT2D eigenvalue weighted by atomic mass is 10.0. The van der Waals surface area contributed by atoms with E-state index in [4.69, 9.17) is 31.2 Å². The number of benzene rings is 1. The number of carbonyl (C=O) groups is 2. The van der Waals surface area contributed by atoms with Crippen LogP contribution in [0, 0.1) is 6.92 Å². The molecule has 1 aromatic carbocycles. The van der Waals surface area contributed by atoms with Crippen molar-refractivity contribution in [3.8, 4) is 34.1 Å². The molecule has 246 valence electrons. The number of aliphatic hydroxyl groups is 1. The molecule has 1 fully saturated rings. The van der Waals surface area contributed by atoms with Crippen LogP contribution in [0.15, 0.2) is 54.9 Å². The minimum Gasteiger partial charge on any atom is -0.495 e. The summed E-state index contributed by atoms with van der Waals surface area (Å²) in [5, 5.41) is 21.9. The molecule has 1 atom stereocenters. The van der Waals surface area contributed by atoms with Gasteiger partial charge in [-0.2, -0.15) is 0 Å². The number of methoxy groups -OCH3 is 2. The number of hydrogen-bond acceptors (Lipinski definition) is 10. The van der Waals surface area contributed by atoms with Crippen molar-refractivity contribution >= 4 is 29.1 Å². The summed E-state index contributed by atoms with van der Waals surface area (Å²) in [5.74, 6) is 0.715. The van der Waals surface area contributed by atoms with Crippen molar-refractivity contribution in [2.45, 2.75) is 38.9 Å². The van der Waals surface area contributed by atoms with Gasteiger partial charge in [0, 0.05) is 72.8 Å². The average molecular weight is 660 g/mol. The van der Waals surface area contributed by atoms with Gasteiger partial charge in [0.15, 0.2) is 0 Å². The first kappa shape index (κ1) is 33.7. The molecule has 0 unspecified atom stereocenters. The average Bonchev–Trinajstić information content (AvgIpc) is 3.50. The van der Waals surface area contributed by atoms with Crippen LogP contribution < -0.4 is 30.7 Å². The van der Waals surface area contributed by atoms with Crippen LogP contribution in [-0.2, 0) is 17.9 Å². The number of aromatic nitrogens is 3. The normalized spacial score (nSPS) is 14.1. The first-order valence-electron chi connectivity index (χ1n) is 15.3. The maximum Gasteiger partial charge on any atom is 0.274 e. The minimum absolute atomic E-state index is 0.00304. The van der Waals surface area contributed by atoms with Crippen LogP contribution in [0.4, 0.5) is 5.69 Å². The number of nitrogens with zero attached hydrogens (tertiary/aromatic N) is 3. The van der Waals surface area contributed by atoms with E-state index in [0.717, 1.165) is 28.7 Å². The van der Waals surface area contributed by atoms with Crippen LogP contribution in [0.25, 0.3) is 22.5 Å². The Bertz CT molecular complexity index is 1750. The SMILES string of the molecule is COc1cnc(C(=O)Nc2cccc(-c3nccc(-c4ccc(CNC[C@@H]5CCC(=O)N5)c(OC)n4)c3Cl)c2C)cc1CNCCO. The summed E-state index contributed by atoms with van der Waals surface area (Å²) in [6, 6.07) is 13.0. The molecular formula is C34H38ClN7O5. The highest BCUT2D eigenvalue weighted by molar-refractivity contribution is 6.35. The predicted molar refractivity (Wildman–Crippen MR) is 180 cm³/mol. The number of aliphatic hydroxyl groups excluding tert-OH is 1. The highest BCUT2D eigenvalue weighted by Gasteiger charge is 2.21. The molecule has 4 heterocycles. The Hall–Kier alpha value is -4.62. The third-order valence-electron chi connectivity index (χ3n) is 7.93. The molecule has 5 rings (SSSR count). The smallest absolute Gasteiger partial charge is 0.274 e. The topological polar surface area (TPSA) is 160 Å².